The van der Waals surface area contributed by atoms with Crippen molar-refractivity contribution in [1.82, 2.24) is 5.32 Å². The predicted molar refractivity (Wildman–Crippen MR) is 83.6 cm³/mol. The van der Waals surface area contributed by atoms with Crippen molar-refractivity contribution in [3.8, 4) is 0 Å². The van der Waals surface area contributed by atoms with E-state index in [1.54, 1.807) is 12.1 Å². The second-order valence-electron chi connectivity index (χ2n) is 6.68. The maximum absolute atomic E-state index is 13.8. The summed E-state index contributed by atoms with van der Waals surface area (Å²) >= 11 is 0. The Hall–Kier alpha value is -1.09. The molecule has 1 aromatic carbocycles. The van der Waals surface area contributed by atoms with Gasteiger partial charge in [-0.2, -0.15) is 0 Å². The van der Waals surface area contributed by atoms with Crippen LogP contribution in [0.4, 0.5) is 10.1 Å². The van der Waals surface area contributed by atoms with Crippen LogP contribution in [0.2, 0.25) is 0 Å². The quantitative estimate of drug-likeness (QED) is 0.820. The van der Waals surface area contributed by atoms with E-state index in [0.717, 1.165) is 43.9 Å². The molecule has 3 heteroatoms. The molecule has 1 aliphatic heterocycles. The fourth-order valence-electron chi connectivity index (χ4n) is 2.97. The molecule has 0 amide bonds. The van der Waals surface area contributed by atoms with Crippen molar-refractivity contribution in [2.75, 3.05) is 24.5 Å². The minimum absolute atomic E-state index is 0.126. The van der Waals surface area contributed by atoms with Crippen molar-refractivity contribution in [3.05, 3.63) is 29.6 Å². The van der Waals surface area contributed by atoms with Crippen LogP contribution < -0.4 is 10.2 Å². The third-order valence-corrected chi connectivity index (χ3v) is 3.96. The van der Waals surface area contributed by atoms with Crippen LogP contribution in [0, 0.1) is 11.2 Å². The lowest BCUT2D eigenvalue weighted by Crippen LogP contribution is -2.40. The molecule has 2 rings (SSSR count). The summed E-state index contributed by atoms with van der Waals surface area (Å²) in [5.41, 5.74) is 2.40. The molecule has 1 aromatic rings. The van der Waals surface area contributed by atoms with E-state index in [2.05, 4.69) is 37.1 Å². The highest BCUT2D eigenvalue weighted by Crippen LogP contribution is 2.32. The molecule has 1 aliphatic rings. The third kappa shape index (κ3) is 4.20. The zero-order valence-electron chi connectivity index (χ0n) is 13.0. The highest BCUT2D eigenvalue weighted by atomic mass is 19.1. The van der Waals surface area contributed by atoms with E-state index in [9.17, 15) is 4.39 Å². The molecule has 0 saturated carbocycles. The lowest BCUT2D eigenvalue weighted by molar-refractivity contribution is 0.293. The van der Waals surface area contributed by atoms with E-state index in [4.69, 9.17) is 0 Å². The number of anilines is 1. The molecule has 2 nitrogen and oxygen atoms in total. The van der Waals surface area contributed by atoms with Crippen molar-refractivity contribution in [3.63, 3.8) is 0 Å². The van der Waals surface area contributed by atoms with E-state index in [-0.39, 0.29) is 5.82 Å². The largest absolute Gasteiger partial charge is 0.371 e. The van der Waals surface area contributed by atoms with Gasteiger partial charge < -0.3 is 10.2 Å². The summed E-state index contributed by atoms with van der Waals surface area (Å²) in [7, 11) is 0. The van der Waals surface area contributed by atoms with Crippen molar-refractivity contribution in [1.29, 1.82) is 0 Å². The van der Waals surface area contributed by atoms with Gasteiger partial charge in [-0.05, 0) is 55.0 Å². The second-order valence-corrected chi connectivity index (χ2v) is 6.68. The van der Waals surface area contributed by atoms with Crippen LogP contribution in [0.1, 0.15) is 45.6 Å². The Morgan fingerprint density at radius 1 is 1.30 bits per heavy atom. The highest BCUT2D eigenvalue weighted by Gasteiger charge is 2.26. The van der Waals surface area contributed by atoms with Gasteiger partial charge in [-0.15, -0.1) is 0 Å². The Bertz CT molecular complexity index is 443. The zero-order valence-corrected chi connectivity index (χ0v) is 13.0. The van der Waals surface area contributed by atoms with Gasteiger partial charge in [-0.3, -0.25) is 0 Å². The molecule has 1 N–H and O–H groups in total. The van der Waals surface area contributed by atoms with Gasteiger partial charge in [-0.25, -0.2) is 4.39 Å². The fourth-order valence-corrected chi connectivity index (χ4v) is 2.97. The number of nitrogens with one attached hydrogen (secondary N) is 1. The van der Waals surface area contributed by atoms with Gasteiger partial charge in [0.15, 0.2) is 0 Å². The molecule has 0 spiro atoms. The lowest BCUT2D eigenvalue weighted by Gasteiger charge is -2.39. The van der Waals surface area contributed by atoms with Gasteiger partial charge in [-0.1, -0.05) is 20.8 Å². The summed E-state index contributed by atoms with van der Waals surface area (Å²) in [6.45, 7) is 10.5. The van der Waals surface area contributed by atoms with Gasteiger partial charge in [0.25, 0.3) is 0 Å². The first kappa shape index (κ1) is 15.3. The molecule has 0 bridgehead atoms. The standard InChI is InChI=1S/C17H27FN2/c1-4-7-19-12-14-9-15(18)11-16(10-14)20-8-5-6-17(2,3)13-20/h9-11,19H,4-8,12-13H2,1-3H3. The molecule has 112 valence electrons. The van der Waals surface area contributed by atoms with Crippen LogP contribution >= 0.6 is 0 Å². The molecule has 0 aliphatic carbocycles. The summed E-state index contributed by atoms with van der Waals surface area (Å²) in [6.07, 6.45) is 3.54. The Balaban J connectivity index is 2.10. The van der Waals surface area contributed by atoms with Crippen molar-refractivity contribution >= 4 is 5.69 Å². The molecule has 0 radical (unpaired) electrons. The Kier molecular flexibility index (Phi) is 5.03. The smallest absolute Gasteiger partial charge is 0.125 e. The van der Waals surface area contributed by atoms with Crippen LogP contribution in [-0.4, -0.2) is 19.6 Å². The predicted octanol–water partition coefficient (Wildman–Crippen LogP) is 3.95. The average molecular weight is 278 g/mol. The normalized spacial score (nSPS) is 18.3. The van der Waals surface area contributed by atoms with Gasteiger partial charge in [0.05, 0.1) is 0 Å². The van der Waals surface area contributed by atoms with Gasteiger partial charge in [0, 0.05) is 25.3 Å². The fraction of sp³-hybridized carbons (Fsp3) is 0.647. The van der Waals surface area contributed by atoms with Crippen LogP contribution in [0.15, 0.2) is 18.2 Å². The van der Waals surface area contributed by atoms with Crippen LogP contribution in [0.3, 0.4) is 0 Å². The van der Waals surface area contributed by atoms with Crippen LogP contribution in [-0.2, 0) is 6.54 Å². The number of hydrogen-bond acceptors (Lipinski definition) is 2. The number of rotatable bonds is 5. The van der Waals surface area contributed by atoms with Crippen molar-refractivity contribution < 1.29 is 4.39 Å². The SMILES string of the molecule is CCCNCc1cc(F)cc(N2CCCC(C)(C)C2)c1. The van der Waals surface area contributed by atoms with Crippen molar-refractivity contribution in [2.24, 2.45) is 5.41 Å². The van der Waals surface area contributed by atoms with E-state index >= 15 is 0 Å². The van der Waals surface area contributed by atoms with Gasteiger partial charge in [0.1, 0.15) is 5.82 Å². The van der Waals surface area contributed by atoms with Crippen LogP contribution in [0.25, 0.3) is 0 Å². The topological polar surface area (TPSA) is 15.3 Å². The minimum Gasteiger partial charge on any atom is -0.371 e. The highest BCUT2D eigenvalue weighted by molar-refractivity contribution is 5.49. The average Bonchev–Trinajstić information content (AvgIpc) is 2.37. The van der Waals surface area contributed by atoms with Crippen LogP contribution in [0.5, 0.6) is 0 Å². The monoisotopic (exact) mass is 278 g/mol. The molecule has 0 aromatic heterocycles. The molecule has 20 heavy (non-hydrogen) atoms. The second kappa shape index (κ2) is 6.57. The maximum atomic E-state index is 13.8. The molecular weight excluding hydrogens is 251 g/mol. The summed E-state index contributed by atoms with van der Waals surface area (Å²) in [5.74, 6) is -0.126. The Labute approximate surface area is 122 Å². The first-order chi connectivity index (χ1) is 9.50. The summed E-state index contributed by atoms with van der Waals surface area (Å²) in [5, 5.41) is 3.34. The molecule has 0 unspecified atom stereocenters. The van der Waals surface area contributed by atoms with E-state index in [1.807, 2.05) is 0 Å². The van der Waals surface area contributed by atoms with Crippen molar-refractivity contribution in [2.45, 2.75) is 46.6 Å². The number of halogens is 1. The molecule has 1 saturated heterocycles. The maximum Gasteiger partial charge on any atom is 0.125 e. The Morgan fingerprint density at radius 2 is 2.10 bits per heavy atom. The summed E-state index contributed by atoms with van der Waals surface area (Å²) < 4.78 is 13.8. The first-order valence-electron chi connectivity index (χ1n) is 7.75. The number of hydrogen-bond donors (Lipinski definition) is 1. The van der Waals surface area contributed by atoms with E-state index in [0.29, 0.717) is 5.41 Å². The number of benzene rings is 1. The molecular formula is C17H27FN2. The molecule has 1 heterocycles. The molecule has 1 fully saturated rings. The lowest BCUT2D eigenvalue weighted by atomic mass is 9.84. The van der Waals surface area contributed by atoms with Gasteiger partial charge in [0.2, 0.25) is 0 Å². The van der Waals surface area contributed by atoms with E-state index in [1.165, 1.54) is 12.8 Å². The summed E-state index contributed by atoms with van der Waals surface area (Å²) in [4.78, 5) is 2.33. The Morgan fingerprint density at radius 3 is 2.80 bits per heavy atom. The first-order valence-corrected chi connectivity index (χ1v) is 7.75. The minimum atomic E-state index is -0.126. The van der Waals surface area contributed by atoms with Gasteiger partial charge >= 0.3 is 0 Å². The number of nitrogens with zero attached hydrogens (tertiary/aromatic N) is 1. The number of piperidine rings is 1. The third-order valence-electron chi connectivity index (χ3n) is 3.96. The summed E-state index contributed by atoms with van der Waals surface area (Å²) in [6, 6.07) is 5.44. The molecule has 0 atom stereocenters. The zero-order chi connectivity index (χ0) is 14.6. The van der Waals surface area contributed by atoms with E-state index < -0.39 is 0 Å².